The van der Waals surface area contributed by atoms with Gasteiger partial charge in [0, 0.05) is 32.8 Å². The lowest BCUT2D eigenvalue weighted by Gasteiger charge is -2.25. The fourth-order valence-electron chi connectivity index (χ4n) is 2.56. The van der Waals surface area contributed by atoms with Crippen molar-refractivity contribution in [1.82, 2.24) is 9.03 Å². The van der Waals surface area contributed by atoms with Crippen LogP contribution in [0.1, 0.15) is 38.5 Å². The molecule has 6 nitrogen and oxygen atoms in total. The van der Waals surface area contributed by atoms with Crippen LogP contribution in [-0.4, -0.2) is 58.3 Å². The van der Waals surface area contributed by atoms with Crippen LogP contribution in [0.3, 0.4) is 0 Å². The number of ether oxygens (including phenoxy) is 2. The van der Waals surface area contributed by atoms with Crippen molar-refractivity contribution in [2.24, 2.45) is 0 Å². The van der Waals surface area contributed by atoms with Gasteiger partial charge >= 0.3 is 0 Å². The van der Waals surface area contributed by atoms with Crippen LogP contribution in [0.2, 0.25) is 0 Å². The van der Waals surface area contributed by atoms with Crippen molar-refractivity contribution in [3.05, 3.63) is 0 Å². The van der Waals surface area contributed by atoms with E-state index in [1.165, 1.54) is 0 Å². The number of nitrogens with one attached hydrogen (secondary N) is 1. The van der Waals surface area contributed by atoms with Gasteiger partial charge in [0.25, 0.3) is 10.2 Å². The molecule has 2 rings (SSSR count). The molecule has 1 N–H and O–H groups in total. The normalized spacial score (nSPS) is 25.1. The predicted molar refractivity (Wildman–Crippen MR) is 76.8 cm³/mol. The van der Waals surface area contributed by atoms with E-state index in [9.17, 15) is 8.42 Å². The average Bonchev–Trinajstić information content (AvgIpc) is 2.97. The number of piperidine rings is 1. The summed E-state index contributed by atoms with van der Waals surface area (Å²) in [6, 6.07) is 0. The van der Waals surface area contributed by atoms with E-state index in [-0.39, 0.29) is 6.10 Å². The van der Waals surface area contributed by atoms with Crippen molar-refractivity contribution in [3.63, 3.8) is 0 Å². The maximum atomic E-state index is 12.0. The quantitative estimate of drug-likeness (QED) is 0.676. The molecule has 0 aromatic heterocycles. The van der Waals surface area contributed by atoms with Gasteiger partial charge in [-0.1, -0.05) is 6.42 Å². The zero-order valence-corrected chi connectivity index (χ0v) is 12.9. The molecule has 2 aliphatic heterocycles. The van der Waals surface area contributed by atoms with Crippen LogP contribution in [0.15, 0.2) is 0 Å². The van der Waals surface area contributed by atoms with E-state index in [1.54, 1.807) is 4.31 Å². The van der Waals surface area contributed by atoms with E-state index in [0.717, 1.165) is 38.7 Å². The Hall–Kier alpha value is -0.210. The Morgan fingerprint density at radius 3 is 2.70 bits per heavy atom. The molecule has 0 radical (unpaired) electrons. The van der Waals surface area contributed by atoms with Gasteiger partial charge in [-0.25, -0.2) is 4.72 Å². The lowest BCUT2D eigenvalue weighted by molar-refractivity contribution is 0.0169. The van der Waals surface area contributed by atoms with Crippen molar-refractivity contribution in [2.45, 2.75) is 44.6 Å². The van der Waals surface area contributed by atoms with Crippen LogP contribution < -0.4 is 4.72 Å². The summed E-state index contributed by atoms with van der Waals surface area (Å²) in [6.45, 7) is 3.75. The highest BCUT2D eigenvalue weighted by Crippen LogP contribution is 2.12. The summed E-state index contributed by atoms with van der Waals surface area (Å²) < 4.78 is 39.1. The van der Waals surface area contributed by atoms with E-state index in [0.29, 0.717) is 39.3 Å². The largest absolute Gasteiger partial charge is 0.379 e. The van der Waals surface area contributed by atoms with Gasteiger partial charge in [-0.2, -0.15) is 12.7 Å². The second-order valence-corrected chi connectivity index (χ2v) is 7.18. The van der Waals surface area contributed by atoms with E-state index in [4.69, 9.17) is 9.47 Å². The first-order valence-electron chi connectivity index (χ1n) is 7.62. The van der Waals surface area contributed by atoms with Gasteiger partial charge in [0.2, 0.25) is 0 Å². The van der Waals surface area contributed by atoms with E-state index >= 15 is 0 Å². The monoisotopic (exact) mass is 306 g/mol. The lowest BCUT2D eigenvalue weighted by atomic mass is 10.2. The standard InChI is InChI=1S/C13H26N2O4S/c16-20(17,15-8-2-1-3-9-15)14-7-5-10-18-12-13-6-4-11-19-13/h13-14H,1-12H2/t13-/m0/s1. The van der Waals surface area contributed by atoms with Gasteiger partial charge < -0.3 is 9.47 Å². The predicted octanol–water partition coefficient (Wildman–Crippen LogP) is 0.892. The summed E-state index contributed by atoms with van der Waals surface area (Å²) in [5.74, 6) is 0. The molecule has 0 aromatic rings. The minimum absolute atomic E-state index is 0.236. The molecule has 7 heteroatoms. The smallest absolute Gasteiger partial charge is 0.279 e. The molecule has 2 saturated heterocycles. The zero-order chi connectivity index (χ0) is 14.3. The van der Waals surface area contributed by atoms with Gasteiger partial charge in [-0.15, -0.1) is 0 Å². The second kappa shape index (κ2) is 8.29. The average molecular weight is 306 g/mol. The zero-order valence-electron chi connectivity index (χ0n) is 12.1. The van der Waals surface area contributed by atoms with Crippen LogP contribution in [-0.2, 0) is 19.7 Å². The fourth-order valence-corrected chi connectivity index (χ4v) is 3.89. The maximum absolute atomic E-state index is 12.0. The molecule has 2 heterocycles. The van der Waals surface area contributed by atoms with Crippen molar-refractivity contribution in [2.75, 3.05) is 39.5 Å². The van der Waals surface area contributed by atoms with Gasteiger partial charge in [-0.05, 0) is 32.1 Å². The van der Waals surface area contributed by atoms with Crippen LogP contribution >= 0.6 is 0 Å². The fraction of sp³-hybridized carbons (Fsp3) is 1.00. The first kappa shape index (κ1) is 16.2. The first-order valence-corrected chi connectivity index (χ1v) is 9.06. The number of nitrogens with zero attached hydrogens (tertiary/aromatic N) is 1. The highest BCUT2D eigenvalue weighted by Gasteiger charge is 2.22. The summed E-state index contributed by atoms with van der Waals surface area (Å²) >= 11 is 0. The summed E-state index contributed by atoms with van der Waals surface area (Å²) in [7, 11) is -3.28. The van der Waals surface area contributed by atoms with E-state index in [2.05, 4.69) is 4.72 Å². The molecule has 1 atom stereocenters. The molecule has 0 aliphatic carbocycles. The van der Waals surface area contributed by atoms with Gasteiger partial charge in [0.05, 0.1) is 12.7 Å². The van der Waals surface area contributed by atoms with E-state index in [1.807, 2.05) is 0 Å². The maximum Gasteiger partial charge on any atom is 0.279 e. The Balaban J connectivity index is 1.53. The Labute approximate surface area is 122 Å². The Bertz CT molecular complexity index is 363. The van der Waals surface area contributed by atoms with Crippen LogP contribution in [0.5, 0.6) is 0 Å². The molecule has 0 bridgehead atoms. The Morgan fingerprint density at radius 2 is 2.00 bits per heavy atom. The minimum Gasteiger partial charge on any atom is -0.379 e. The van der Waals surface area contributed by atoms with Gasteiger partial charge in [0.1, 0.15) is 0 Å². The molecule has 2 aliphatic rings. The molecule has 0 saturated carbocycles. The SMILES string of the molecule is O=S(=O)(NCCCOC[C@@H]1CCCO1)N1CCCCC1. The lowest BCUT2D eigenvalue weighted by Crippen LogP contribution is -2.43. The molecule has 0 aromatic carbocycles. The Kier molecular flexibility index (Phi) is 6.70. The van der Waals surface area contributed by atoms with Crippen LogP contribution in [0.25, 0.3) is 0 Å². The van der Waals surface area contributed by atoms with Crippen LogP contribution in [0, 0.1) is 0 Å². The molecule has 20 heavy (non-hydrogen) atoms. The van der Waals surface area contributed by atoms with Crippen molar-refractivity contribution in [3.8, 4) is 0 Å². The summed E-state index contributed by atoms with van der Waals surface area (Å²) in [4.78, 5) is 0. The highest BCUT2D eigenvalue weighted by molar-refractivity contribution is 7.87. The topological polar surface area (TPSA) is 67.9 Å². The number of rotatable bonds is 8. The second-order valence-electron chi connectivity index (χ2n) is 5.42. The third-order valence-electron chi connectivity index (χ3n) is 3.73. The molecule has 0 unspecified atom stereocenters. The van der Waals surface area contributed by atoms with Crippen LogP contribution in [0.4, 0.5) is 0 Å². The van der Waals surface area contributed by atoms with E-state index < -0.39 is 10.2 Å². The van der Waals surface area contributed by atoms with Crippen molar-refractivity contribution in [1.29, 1.82) is 0 Å². The molecule has 0 spiro atoms. The highest BCUT2D eigenvalue weighted by atomic mass is 32.2. The molecular weight excluding hydrogens is 280 g/mol. The molecule has 2 fully saturated rings. The van der Waals surface area contributed by atoms with Crippen molar-refractivity contribution < 1.29 is 17.9 Å². The summed E-state index contributed by atoms with van der Waals surface area (Å²) in [5.41, 5.74) is 0. The van der Waals surface area contributed by atoms with Gasteiger partial charge in [-0.3, -0.25) is 0 Å². The summed E-state index contributed by atoms with van der Waals surface area (Å²) in [6.07, 6.45) is 6.17. The minimum atomic E-state index is -3.28. The molecular formula is C13H26N2O4S. The Morgan fingerprint density at radius 1 is 1.20 bits per heavy atom. The third kappa shape index (κ3) is 5.29. The number of hydrogen-bond acceptors (Lipinski definition) is 4. The summed E-state index contributed by atoms with van der Waals surface area (Å²) in [5, 5.41) is 0. The molecule has 0 amide bonds. The van der Waals surface area contributed by atoms with Gasteiger partial charge in [0.15, 0.2) is 0 Å². The molecule has 118 valence electrons. The number of hydrogen-bond donors (Lipinski definition) is 1. The van der Waals surface area contributed by atoms with Crippen molar-refractivity contribution >= 4 is 10.2 Å². The third-order valence-corrected chi connectivity index (χ3v) is 5.35. The first-order chi connectivity index (χ1) is 9.68.